The second-order valence-electron chi connectivity index (χ2n) is 12.6. The van der Waals surface area contributed by atoms with Gasteiger partial charge in [-0.25, -0.2) is 4.79 Å². The van der Waals surface area contributed by atoms with E-state index in [9.17, 15) is 14.4 Å². The molecule has 1 spiro atoms. The minimum absolute atomic E-state index is 0.115. The molecule has 3 aliphatic rings. The summed E-state index contributed by atoms with van der Waals surface area (Å²) in [7, 11) is 1.61. The molecule has 1 amide bonds. The fourth-order valence-corrected chi connectivity index (χ4v) is 6.02. The number of benzene rings is 2. The number of rotatable bonds is 8. The molecule has 9 nitrogen and oxygen atoms in total. The van der Waals surface area contributed by atoms with Gasteiger partial charge in [-0.15, -0.1) is 0 Å². The van der Waals surface area contributed by atoms with Crippen LogP contribution in [0.5, 0.6) is 11.5 Å². The third kappa shape index (κ3) is 6.81. The Balaban J connectivity index is 1.20. The van der Waals surface area contributed by atoms with Crippen molar-refractivity contribution in [2.24, 2.45) is 0 Å². The molecular weight excluding hydrogens is 550 g/mol. The van der Waals surface area contributed by atoms with Gasteiger partial charge in [0, 0.05) is 37.9 Å². The quantitative estimate of drug-likeness (QED) is 0.212. The van der Waals surface area contributed by atoms with E-state index in [1.54, 1.807) is 12.0 Å². The number of methoxy groups -OCH3 is 1. The van der Waals surface area contributed by atoms with Crippen molar-refractivity contribution in [1.82, 2.24) is 4.90 Å². The molecule has 2 aromatic carbocycles. The monoisotopic (exact) mass is 591 g/mol. The first-order valence-electron chi connectivity index (χ1n) is 14.9. The highest BCUT2D eigenvalue weighted by Gasteiger charge is 2.54. The Morgan fingerprint density at radius 1 is 1.05 bits per heavy atom. The maximum Gasteiger partial charge on any atom is 0.410 e. The predicted octanol–water partition coefficient (Wildman–Crippen LogP) is 5.93. The lowest BCUT2D eigenvalue weighted by molar-refractivity contribution is -0.149. The summed E-state index contributed by atoms with van der Waals surface area (Å²) in [5.41, 5.74) is 2.99. The number of esters is 2. The molecule has 0 saturated carbocycles. The summed E-state index contributed by atoms with van der Waals surface area (Å²) in [6.07, 6.45) is 4.59. The Hall–Kier alpha value is -4.01. The molecule has 3 atom stereocenters. The van der Waals surface area contributed by atoms with E-state index in [-0.39, 0.29) is 43.6 Å². The lowest BCUT2D eigenvalue weighted by Crippen LogP contribution is -2.44. The number of amides is 1. The average molecular weight is 592 g/mol. The van der Waals surface area contributed by atoms with Crippen LogP contribution >= 0.6 is 0 Å². The number of aryl methyl sites for hydroxylation is 1. The van der Waals surface area contributed by atoms with Gasteiger partial charge in [0.05, 0.1) is 12.5 Å². The average Bonchev–Trinajstić information content (AvgIpc) is 3.18. The molecular formula is C34H41NO8. The van der Waals surface area contributed by atoms with Crippen molar-refractivity contribution in [1.29, 1.82) is 0 Å². The Kier molecular flexibility index (Phi) is 8.71. The molecule has 2 heterocycles. The summed E-state index contributed by atoms with van der Waals surface area (Å²) >= 11 is 0. The molecule has 2 aromatic rings. The van der Waals surface area contributed by atoms with Crippen LogP contribution in [0.1, 0.15) is 75.1 Å². The highest BCUT2D eigenvalue weighted by Crippen LogP contribution is 2.56. The van der Waals surface area contributed by atoms with Gasteiger partial charge in [0.1, 0.15) is 24.4 Å². The van der Waals surface area contributed by atoms with Crippen LogP contribution in [0.25, 0.3) is 0 Å². The van der Waals surface area contributed by atoms with Crippen LogP contribution in [0.3, 0.4) is 0 Å². The normalized spacial score (nSPS) is 22.0. The van der Waals surface area contributed by atoms with Crippen molar-refractivity contribution in [2.45, 2.75) is 96.2 Å². The molecule has 9 heteroatoms. The Morgan fingerprint density at radius 2 is 1.79 bits per heavy atom. The van der Waals surface area contributed by atoms with Gasteiger partial charge in [-0.05, 0) is 63.8 Å². The summed E-state index contributed by atoms with van der Waals surface area (Å²) in [6.45, 7) is 8.68. The Labute approximate surface area is 253 Å². The lowest BCUT2D eigenvalue weighted by atomic mass is 9.69. The molecule has 230 valence electrons. The van der Waals surface area contributed by atoms with E-state index < -0.39 is 17.1 Å². The first kappa shape index (κ1) is 30.4. The van der Waals surface area contributed by atoms with Crippen LogP contribution in [0.2, 0.25) is 0 Å². The maximum absolute atomic E-state index is 13.0. The van der Waals surface area contributed by atoms with Crippen LogP contribution < -0.4 is 9.47 Å². The minimum Gasteiger partial charge on any atom is -0.493 e. The van der Waals surface area contributed by atoms with Crippen LogP contribution in [-0.2, 0) is 42.4 Å². The van der Waals surface area contributed by atoms with Gasteiger partial charge >= 0.3 is 18.0 Å². The van der Waals surface area contributed by atoms with Crippen LogP contribution in [0, 0.1) is 6.92 Å². The van der Waals surface area contributed by atoms with E-state index in [0.29, 0.717) is 43.9 Å². The SMILES string of the molecule is COc1ccc2c3c1O[C@H]1C[C@@H](OC(=O)CCCC(=O)OCc4ccc(C)cc4)C=CC31CCN(C(=O)OC(C)(C)C)C2. The van der Waals surface area contributed by atoms with Gasteiger partial charge in [-0.1, -0.05) is 42.0 Å². The molecule has 0 fully saturated rings. The number of carbonyl (C=O) groups is 3. The van der Waals surface area contributed by atoms with E-state index in [1.165, 1.54) is 0 Å². The molecule has 0 bridgehead atoms. The van der Waals surface area contributed by atoms with Crippen molar-refractivity contribution < 1.29 is 38.1 Å². The fourth-order valence-electron chi connectivity index (χ4n) is 6.02. The first-order chi connectivity index (χ1) is 20.5. The molecule has 1 unspecified atom stereocenters. The van der Waals surface area contributed by atoms with Crippen molar-refractivity contribution in [3.63, 3.8) is 0 Å². The lowest BCUT2D eigenvalue weighted by Gasteiger charge is -2.36. The van der Waals surface area contributed by atoms with Gasteiger partial charge in [0.2, 0.25) is 0 Å². The molecule has 0 radical (unpaired) electrons. The molecule has 43 heavy (non-hydrogen) atoms. The van der Waals surface area contributed by atoms with Gasteiger partial charge < -0.3 is 28.6 Å². The van der Waals surface area contributed by atoms with Crippen LogP contribution in [-0.4, -0.2) is 54.4 Å². The minimum atomic E-state index is -0.596. The van der Waals surface area contributed by atoms with Crippen molar-refractivity contribution in [3.8, 4) is 11.5 Å². The summed E-state index contributed by atoms with van der Waals surface area (Å²) in [5.74, 6) is 0.595. The molecule has 0 N–H and O–H groups in total. The van der Waals surface area contributed by atoms with Crippen LogP contribution in [0.4, 0.5) is 4.79 Å². The van der Waals surface area contributed by atoms with Gasteiger partial charge in [0.25, 0.3) is 0 Å². The smallest absolute Gasteiger partial charge is 0.410 e. The molecule has 0 aromatic heterocycles. The molecule has 5 rings (SSSR count). The van der Waals surface area contributed by atoms with E-state index in [0.717, 1.165) is 22.3 Å². The Morgan fingerprint density at radius 3 is 2.51 bits per heavy atom. The predicted molar refractivity (Wildman–Crippen MR) is 159 cm³/mol. The topological polar surface area (TPSA) is 101 Å². The van der Waals surface area contributed by atoms with Gasteiger partial charge in [0.15, 0.2) is 11.5 Å². The summed E-state index contributed by atoms with van der Waals surface area (Å²) < 4.78 is 28.9. The number of nitrogens with zero attached hydrogens (tertiary/aromatic N) is 1. The van der Waals surface area contributed by atoms with E-state index in [2.05, 4.69) is 6.08 Å². The van der Waals surface area contributed by atoms with E-state index in [1.807, 2.05) is 70.2 Å². The number of carbonyl (C=O) groups excluding carboxylic acids is 3. The number of hydrogen-bond donors (Lipinski definition) is 0. The van der Waals surface area contributed by atoms with Gasteiger partial charge in [-0.2, -0.15) is 0 Å². The second kappa shape index (κ2) is 12.3. The zero-order chi connectivity index (χ0) is 30.8. The fraction of sp³-hybridized carbons (Fsp3) is 0.500. The number of ether oxygens (including phenoxy) is 5. The first-order valence-corrected chi connectivity index (χ1v) is 14.9. The highest BCUT2D eigenvalue weighted by atomic mass is 16.6. The molecule has 2 aliphatic heterocycles. The largest absolute Gasteiger partial charge is 0.493 e. The summed E-state index contributed by atoms with van der Waals surface area (Å²) in [4.78, 5) is 39.6. The van der Waals surface area contributed by atoms with E-state index >= 15 is 0 Å². The van der Waals surface area contributed by atoms with Crippen molar-refractivity contribution in [3.05, 3.63) is 70.8 Å². The molecule has 0 saturated heterocycles. The third-order valence-corrected chi connectivity index (χ3v) is 8.16. The second-order valence-corrected chi connectivity index (χ2v) is 12.6. The maximum atomic E-state index is 13.0. The number of hydrogen-bond acceptors (Lipinski definition) is 8. The Bertz CT molecular complexity index is 1390. The van der Waals surface area contributed by atoms with Crippen LogP contribution in [0.15, 0.2) is 48.6 Å². The summed E-state index contributed by atoms with van der Waals surface area (Å²) in [5, 5.41) is 0. The standard InChI is InChI=1S/C34H41NO8/c1-22-9-11-23(12-10-22)21-40-28(36)7-6-8-29(37)41-25-15-16-34-17-18-35(32(38)43-33(2,3)4)20-24-13-14-26(39-5)31(30(24)34)42-27(34)19-25/h9-16,25,27H,6-8,17-21H2,1-5H3/t25-,27-,34?/m0/s1. The highest BCUT2D eigenvalue weighted by molar-refractivity contribution is 5.73. The summed E-state index contributed by atoms with van der Waals surface area (Å²) in [6, 6.07) is 11.7. The van der Waals surface area contributed by atoms with E-state index in [4.69, 9.17) is 23.7 Å². The third-order valence-electron chi connectivity index (χ3n) is 8.16. The van der Waals surface area contributed by atoms with Gasteiger partial charge in [-0.3, -0.25) is 9.59 Å². The zero-order valence-corrected chi connectivity index (χ0v) is 25.6. The zero-order valence-electron chi connectivity index (χ0n) is 25.6. The van der Waals surface area contributed by atoms with Crippen molar-refractivity contribution >= 4 is 18.0 Å². The van der Waals surface area contributed by atoms with Crippen molar-refractivity contribution in [2.75, 3.05) is 13.7 Å². The molecule has 1 aliphatic carbocycles.